The molecule has 0 fully saturated rings. The van der Waals surface area contributed by atoms with Gasteiger partial charge in [-0.05, 0) is 24.1 Å². The summed E-state index contributed by atoms with van der Waals surface area (Å²) < 4.78 is 13.3. The number of rotatable bonds is 2. The van der Waals surface area contributed by atoms with Crippen LogP contribution in [0.2, 0.25) is 0 Å². The Morgan fingerprint density at radius 1 is 1.28 bits per heavy atom. The van der Waals surface area contributed by atoms with Gasteiger partial charge in [-0.15, -0.1) is 0 Å². The maximum atomic E-state index is 13.3. The van der Waals surface area contributed by atoms with E-state index in [1.807, 2.05) is 11.0 Å². The molecule has 1 aliphatic rings. The van der Waals surface area contributed by atoms with E-state index in [-0.39, 0.29) is 5.82 Å². The van der Waals surface area contributed by atoms with Gasteiger partial charge in [-0.25, -0.2) is 14.4 Å². The van der Waals surface area contributed by atoms with Crippen LogP contribution in [-0.4, -0.2) is 16.5 Å². The molecule has 0 amide bonds. The quantitative estimate of drug-likeness (QED) is 0.874. The van der Waals surface area contributed by atoms with Crippen molar-refractivity contribution >= 4 is 11.6 Å². The van der Waals surface area contributed by atoms with Crippen molar-refractivity contribution in [1.82, 2.24) is 9.97 Å². The van der Waals surface area contributed by atoms with E-state index in [1.165, 1.54) is 12.1 Å². The van der Waals surface area contributed by atoms with Crippen LogP contribution in [-0.2, 0) is 13.0 Å². The van der Waals surface area contributed by atoms with Crippen molar-refractivity contribution in [1.29, 1.82) is 0 Å². The van der Waals surface area contributed by atoms with Crippen LogP contribution in [0.15, 0.2) is 30.6 Å². The third kappa shape index (κ3) is 1.82. The predicted molar refractivity (Wildman–Crippen MR) is 67.0 cm³/mol. The summed E-state index contributed by atoms with van der Waals surface area (Å²) in [6, 6.07) is 4.84. The lowest BCUT2D eigenvalue weighted by Gasteiger charge is -2.16. The van der Waals surface area contributed by atoms with E-state index in [0.717, 1.165) is 29.8 Å². The third-order valence-corrected chi connectivity index (χ3v) is 3.11. The summed E-state index contributed by atoms with van der Waals surface area (Å²) in [6.07, 6.45) is 4.30. The lowest BCUT2D eigenvalue weighted by molar-refractivity contribution is 0.628. The van der Waals surface area contributed by atoms with Crippen molar-refractivity contribution in [3.8, 4) is 0 Å². The topological polar surface area (TPSA) is 55.0 Å². The molecule has 1 aromatic heterocycles. The van der Waals surface area contributed by atoms with E-state index in [0.29, 0.717) is 12.5 Å². The molecule has 1 aromatic carbocycles. The van der Waals surface area contributed by atoms with Gasteiger partial charge in [0.25, 0.3) is 0 Å². The molecule has 18 heavy (non-hydrogen) atoms. The average molecular weight is 244 g/mol. The van der Waals surface area contributed by atoms with Crippen molar-refractivity contribution in [2.45, 2.75) is 13.0 Å². The molecule has 4 nitrogen and oxygen atoms in total. The van der Waals surface area contributed by atoms with Gasteiger partial charge in [0.2, 0.25) is 5.95 Å². The number of nitrogens with two attached hydrogens (primary N) is 1. The minimum absolute atomic E-state index is 0.237. The maximum Gasteiger partial charge on any atom is 0.229 e. The molecule has 0 radical (unpaired) electrons. The van der Waals surface area contributed by atoms with E-state index in [2.05, 4.69) is 9.97 Å². The van der Waals surface area contributed by atoms with Gasteiger partial charge in [-0.1, -0.05) is 6.07 Å². The van der Waals surface area contributed by atoms with Crippen LogP contribution in [0.25, 0.3) is 0 Å². The molecule has 0 spiro atoms. The molecule has 0 unspecified atom stereocenters. The molecule has 3 rings (SSSR count). The number of nitrogens with zero attached hydrogens (tertiary/aromatic N) is 3. The number of aromatic nitrogens is 2. The minimum Gasteiger partial charge on any atom is -0.326 e. The van der Waals surface area contributed by atoms with Crippen LogP contribution in [0.5, 0.6) is 0 Å². The molecule has 5 heteroatoms. The van der Waals surface area contributed by atoms with Crippen LogP contribution in [0, 0.1) is 5.82 Å². The Morgan fingerprint density at radius 3 is 2.78 bits per heavy atom. The lowest BCUT2D eigenvalue weighted by Crippen LogP contribution is -2.16. The molecule has 2 heterocycles. The number of halogens is 1. The van der Waals surface area contributed by atoms with Crippen LogP contribution in [0.1, 0.15) is 11.1 Å². The number of fused-ring (bicyclic) bond motifs is 1. The minimum atomic E-state index is -0.237. The summed E-state index contributed by atoms with van der Waals surface area (Å²) in [5.74, 6) is 0.357. The lowest BCUT2D eigenvalue weighted by atomic mass is 10.2. The van der Waals surface area contributed by atoms with Gasteiger partial charge in [0.05, 0.1) is 5.69 Å². The fourth-order valence-corrected chi connectivity index (χ4v) is 2.15. The second kappa shape index (κ2) is 4.34. The molecular weight excluding hydrogens is 231 g/mol. The third-order valence-electron chi connectivity index (χ3n) is 3.11. The largest absolute Gasteiger partial charge is 0.326 e. The Hall–Kier alpha value is -2.01. The van der Waals surface area contributed by atoms with Crippen molar-refractivity contribution in [2.75, 3.05) is 11.4 Å². The summed E-state index contributed by atoms with van der Waals surface area (Å²) in [6.45, 7) is 1.20. The first-order valence-corrected chi connectivity index (χ1v) is 5.85. The first kappa shape index (κ1) is 11.1. The Labute approximate surface area is 104 Å². The highest BCUT2D eigenvalue weighted by Crippen LogP contribution is 2.32. The van der Waals surface area contributed by atoms with Crippen LogP contribution < -0.4 is 10.6 Å². The van der Waals surface area contributed by atoms with E-state index < -0.39 is 0 Å². The monoisotopic (exact) mass is 244 g/mol. The van der Waals surface area contributed by atoms with Crippen molar-refractivity contribution < 1.29 is 4.39 Å². The zero-order valence-corrected chi connectivity index (χ0v) is 9.81. The second-order valence-corrected chi connectivity index (χ2v) is 4.27. The van der Waals surface area contributed by atoms with Crippen molar-refractivity contribution in [3.05, 3.63) is 47.5 Å². The normalized spacial score (nSPS) is 13.8. The SMILES string of the molecule is NCc1cnc(N2CCc3ccc(F)cc32)nc1. The molecule has 92 valence electrons. The highest BCUT2D eigenvalue weighted by atomic mass is 19.1. The molecular formula is C13H13FN4. The first-order valence-electron chi connectivity index (χ1n) is 5.85. The fourth-order valence-electron chi connectivity index (χ4n) is 2.15. The highest BCUT2D eigenvalue weighted by Gasteiger charge is 2.22. The fraction of sp³-hybridized carbons (Fsp3) is 0.231. The van der Waals surface area contributed by atoms with Crippen molar-refractivity contribution in [3.63, 3.8) is 0 Å². The standard InChI is InChI=1S/C13H13FN4/c14-11-2-1-10-3-4-18(12(10)5-11)13-16-7-9(6-15)8-17-13/h1-2,5,7-8H,3-4,6,15H2. The Kier molecular flexibility index (Phi) is 2.68. The van der Waals surface area contributed by atoms with Gasteiger partial charge in [0.15, 0.2) is 0 Å². The van der Waals surface area contributed by atoms with Crippen LogP contribution in [0.4, 0.5) is 16.0 Å². The zero-order valence-electron chi connectivity index (χ0n) is 9.81. The summed E-state index contributed by atoms with van der Waals surface area (Å²) >= 11 is 0. The van der Waals surface area contributed by atoms with Gasteiger partial charge in [-0.3, -0.25) is 0 Å². The number of hydrogen-bond donors (Lipinski definition) is 1. The van der Waals surface area contributed by atoms with Gasteiger partial charge in [-0.2, -0.15) is 0 Å². The Morgan fingerprint density at radius 2 is 2.06 bits per heavy atom. The van der Waals surface area contributed by atoms with Gasteiger partial charge >= 0.3 is 0 Å². The van der Waals surface area contributed by atoms with Crippen molar-refractivity contribution in [2.24, 2.45) is 5.73 Å². The zero-order chi connectivity index (χ0) is 12.5. The molecule has 0 atom stereocenters. The van der Waals surface area contributed by atoms with Gasteiger partial charge in [0, 0.05) is 31.0 Å². The number of benzene rings is 1. The highest BCUT2D eigenvalue weighted by molar-refractivity contribution is 5.65. The summed E-state index contributed by atoms with van der Waals surface area (Å²) in [4.78, 5) is 10.5. The molecule has 0 bridgehead atoms. The van der Waals surface area contributed by atoms with E-state index in [1.54, 1.807) is 12.4 Å². The Balaban J connectivity index is 1.97. The molecule has 0 saturated carbocycles. The Bertz CT molecular complexity index is 568. The number of hydrogen-bond acceptors (Lipinski definition) is 4. The smallest absolute Gasteiger partial charge is 0.229 e. The first-order chi connectivity index (χ1) is 8.78. The summed E-state index contributed by atoms with van der Waals surface area (Å²) in [5, 5.41) is 0. The van der Waals surface area contributed by atoms with Crippen LogP contribution in [0.3, 0.4) is 0 Å². The average Bonchev–Trinajstić information content (AvgIpc) is 2.82. The van der Waals surface area contributed by atoms with Crippen LogP contribution >= 0.6 is 0 Å². The molecule has 1 aliphatic heterocycles. The molecule has 2 N–H and O–H groups in total. The van der Waals surface area contributed by atoms with E-state index in [4.69, 9.17) is 5.73 Å². The molecule has 0 saturated heterocycles. The summed E-state index contributed by atoms with van der Waals surface area (Å²) in [5.41, 5.74) is 8.38. The maximum absolute atomic E-state index is 13.3. The second-order valence-electron chi connectivity index (χ2n) is 4.27. The summed E-state index contributed by atoms with van der Waals surface area (Å²) in [7, 11) is 0. The number of anilines is 2. The van der Waals surface area contributed by atoms with Gasteiger partial charge < -0.3 is 10.6 Å². The van der Waals surface area contributed by atoms with E-state index in [9.17, 15) is 4.39 Å². The van der Waals surface area contributed by atoms with E-state index >= 15 is 0 Å². The van der Waals surface area contributed by atoms with Gasteiger partial charge in [0.1, 0.15) is 5.82 Å². The molecule has 2 aromatic rings. The predicted octanol–water partition coefficient (Wildman–Crippen LogP) is 1.77. The molecule has 0 aliphatic carbocycles.